The number of benzene rings is 2. The number of anilines is 1. The molecule has 0 bridgehead atoms. The van der Waals surface area contributed by atoms with Crippen molar-refractivity contribution in [1.29, 1.82) is 0 Å². The molecular weight excluding hydrogens is 337 g/mol. The summed E-state index contributed by atoms with van der Waals surface area (Å²) in [6.07, 6.45) is 0. The van der Waals surface area contributed by atoms with Gasteiger partial charge in [0.2, 0.25) is 0 Å². The van der Waals surface area contributed by atoms with Crippen molar-refractivity contribution in [3.05, 3.63) is 57.8 Å². The minimum absolute atomic E-state index is 0.223. The number of rotatable bonds is 3. The van der Waals surface area contributed by atoms with E-state index in [1.807, 2.05) is 24.8 Å². The van der Waals surface area contributed by atoms with Gasteiger partial charge < -0.3 is 5.32 Å². The fourth-order valence-electron chi connectivity index (χ4n) is 2.47. The maximum absolute atomic E-state index is 13.6. The lowest BCUT2D eigenvalue weighted by atomic mass is 10.0. The molecule has 2 aromatic rings. The number of aryl methyl sites for hydroxylation is 1. The molecule has 0 saturated heterocycles. The third-order valence-corrected chi connectivity index (χ3v) is 5.46. The van der Waals surface area contributed by atoms with Crippen LogP contribution in [0.25, 0.3) is 0 Å². The van der Waals surface area contributed by atoms with Crippen molar-refractivity contribution < 1.29 is 4.39 Å². The van der Waals surface area contributed by atoms with E-state index in [9.17, 15) is 4.39 Å². The highest BCUT2D eigenvalue weighted by Crippen LogP contribution is 2.39. The van der Waals surface area contributed by atoms with Crippen LogP contribution in [0.2, 0.25) is 0 Å². The molecule has 3 rings (SSSR count). The van der Waals surface area contributed by atoms with Crippen molar-refractivity contribution >= 4 is 33.4 Å². The summed E-state index contributed by atoms with van der Waals surface area (Å²) in [7, 11) is 0. The summed E-state index contributed by atoms with van der Waals surface area (Å²) >= 11 is 5.11. The van der Waals surface area contributed by atoms with Crippen LogP contribution in [0.3, 0.4) is 0 Å². The van der Waals surface area contributed by atoms with Gasteiger partial charge in [0.25, 0.3) is 0 Å². The second kappa shape index (κ2) is 5.78. The zero-order valence-corrected chi connectivity index (χ0v) is 13.5. The van der Waals surface area contributed by atoms with E-state index in [0.29, 0.717) is 10.4 Å². The molecule has 104 valence electrons. The van der Waals surface area contributed by atoms with Crippen molar-refractivity contribution in [2.24, 2.45) is 0 Å². The van der Waals surface area contributed by atoms with Crippen LogP contribution in [0.4, 0.5) is 10.1 Å². The number of fused-ring (bicyclic) bond motifs is 1. The van der Waals surface area contributed by atoms with Crippen LogP contribution < -0.4 is 5.32 Å². The molecule has 0 aromatic heterocycles. The predicted octanol–water partition coefficient (Wildman–Crippen LogP) is 5.20. The molecule has 0 spiro atoms. The van der Waals surface area contributed by atoms with E-state index in [-0.39, 0.29) is 5.82 Å². The molecule has 0 radical (unpaired) electrons. The van der Waals surface area contributed by atoms with E-state index in [1.165, 1.54) is 10.5 Å². The molecule has 0 fully saturated rings. The first-order chi connectivity index (χ1) is 9.65. The van der Waals surface area contributed by atoms with Crippen LogP contribution in [0.1, 0.15) is 17.0 Å². The van der Waals surface area contributed by atoms with Crippen molar-refractivity contribution in [1.82, 2.24) is 0 Å². The predicted molar refractivity (Wildman–Crippen MR) is 87.2 cm³/mol. The second-order valence-electron chi connectivity index (χ2n) is 5.01. The van der Waals surface area contributed by atoms with Gasteiger partial charge in [0.1, 0.15) is 5.82 Å². The third kappa shape index (κ3) is 2.72. The molecule has 1 atom stereocenters. The molecule has 0 aliphatic carbocycles. The van der Waals surface area contributed by atoms with Gasteiger partial charge in [0.15, 0.2) is 0 Å². The Morgan fingerprint density at radius 2 is 2.15 bits per heavy atom. The number of hydrogen-bond acceptors (Lipinski definition) is 2. The number of halogens is 2. The molecule has 1 aliphatic heterocycles. The smallest absolute Gasteiger partial charge is 0.139 e. The second-order valence-corrected chi connectivity index (χ2v) is 6.92. The Hall–Kier alpha value is -1.00. The number of nitrogens with one attached hydrogen (secondary N) is 1. The van der Waals surface area contributed by atoms with Gasteiger partial charge in [-0.3, -0.25) is 0 Å². The van der Waals surface area contributed by atoms with Crippen molar-refractivity contribution in [2.75, 3.05) is 17.6 Å². The Morgan fingerprint density at radius 1 is 1.35 bits per heavy atom. The topological polar surface area (TPSA) is 12.0 Å². The van der Waals surface area contributed by atoms with Crippen LogP contribution in [-0.2, 0) is 0 Å². The highest BCUT2D eigenvalue weighted by Gasteiger charge is 2.22. The highest BCUT2D eigenvalue weighted by atomic mass is 79.9. The van der Waals surface area contributed by atoms with E-state index < -0.39 is 0 Å². The minimum atomic E-state index is -0.223. The lowest BCUT2D eigenvalue weighted by Crippen LogP contribution is -2.13. The molecule has 0 saturated carbocycles. The summed E-state index contributed by atoms with van der Waals surface area (Å²) in [4.78, 5) is 1.37. The maximum atomic E-state index is 13.6. The first kappa shape index (κ1) is 14.0. The van der Waals surface area contributed by atoms with E-state index in [1.54, 1.807) is 6.07 Å². The summed E-state index contributed by atoms with van der Waals surface area (Å²) in [5.74, 6) is 1.35. The normalized spacial score (nSPS) is 17.1. The van der Waals surface area contributed by atoms with Crippen molar-refractivity contribution in [2.45, 2.75) is 17.7 Å². The van der Waals surface area contributed by atoms with E-state index in [2.05, 4.69) is 45.5 Å². The Balaban J connectivity index is 1.74. The summed E-state index contributed by atoms with van der Waals surface area (Å²) < 4.78 is 14.1. The number of hydrogen-bond donors (Lipinski definition) is 1. The molecule has 20 heavy (non-hydrogen) atoms. The van der Waals surface area contributed by atoms with Gasteiger partial charge in [-0.15, -0.1) is 11.8 Å². The van der Waals surface area contributed by atoms with Gasteiger partial charge >= 0.3 is 0 Å². The highest BCUT2D eigenvalue weighted by molar-refractivity contribution is 9.10. The maximum Gasteiger partial charge on any atom is 0.139 e. The summed E-state index contributed by atoms with van der Waals surface area (Å²) in [6, 6.07) is 11.9. The Bertz CT molecular complexity index is 644. The summed E-state index contributed by atoms with van der Waals surface area (Å²) in [6.45, 7) is 2.83. The lowest BCUT2D eigenvalue weighted by molar-refractivity contribution is 0.621. The Morgan fingerprint density at radius 3 is 3.00 bits per heavy atom. The minimum Gasteiger partial charge on any atom is -0.384 e. The fourth-order valence-corrected chi connectivity index (χ4v) is 4.18. The Kier molecular flexibility index (Phi) is 4.03. The molecule has 1 nitrogen and oxygen atoms in total. The van der Waals surface area contributed by atoms with Gasteiger partial charge in [-0.2, -0.15) is 0 Å². The Labute approximate surface area is 131 Å². The molecule has 1 heterocycles. The molecule has 1 unspecified atom stereocenters. The van der Waals surface area contributed by atoms with Crippen LogP contribution in [-0.4, -0.2) is 12.3 Å². The summed E-state index contributed by atoms with van der Waals surface area (Å²) in [5, 5.41) is 3.39. The standard InChI is InChI=1S/C16H15BrFNS/c1-10-6-13(17)14(18)7-15(10)19-8-11-9-20-16-5-3-2-4-12(11)16/h2-7,11,19H,8-9H2,1H3. The third-order valence-electron chi connectivity index (χ3n) is 3.61. The lowest BCUT2D eigenvalue weighted by Gasteiger charge is -2.15. The first-order valence-electron chi connectivity index (χ1n) is 6.56. The van der Waals surface area contributed by atoms with Gasteiger partial charge in [-0.1, -0.05) is 18.2 Å². The zero-order chi connectivity index (χ0) is 14.1. The zero-order valence-electron chi connectivity index (χ0n) is 11.1. The molecule has 2 aromatic carbocycles. The fraction of sp³-hybridized carbons (Fsp3) is 0.250. The number of thioether (sulfide) groups is 1. The van der Waals surface area contributed by atoms with Gasteiger partial charge in [0.05, 0.1) is 4.47 Å². The molecule has 1 N–H and O–H groups in total. The molecule has 1 aliphatic rings. The average Bonchev–Trinajstić information content (AvgIpc) is 2.85. The monoisotopic (exact) mass is 351 g/mol. The van der Waals surface area contributed by atoms with Crippen LogP contribution >= 0.6 is 27.7 Å². The van der Waals surface area contributed by atoms with Crippen molar-refractivity contribution in [3.8, 4) is 0 Å². The quantitative estimate of drug-likeness (QED) is 0.815. The van der Waals surface area contributed by atoms with E-state index in [4.69, 9.17) is 0 Å². The van der Waals surface area contributed by atoms with Gasteiger partial charge in [-0.25, -0.2) is 4.39 Å². The van der Waals surface area contributed by atoms with Crippen LogP contribution in [0, 0.1) is 12.7 Å². The molecular formula is C16H15BrFNS. The van der Waals surface area contributed by atoms with Crippen LogP contribution in [0.15, 0.2) is 45.8 Å². The van der Waals surface area contributed by atoms with E-state index in [0.717, 1.165) is 23.5 Å². The van der Waals surface area contributed by atoms with Crippen LogP contribution in [0.5, 0.6) is 0 Å². The largest absolute Gasteiger partial charge is 0.384 e. The van der Waals surface area contributed by atoms with Crippen molar-refractivity contribution in [3.63, 3.8) is 0 Å². The van der Waals surface area contributed by atoms with Gasteiger partial charge in [-0.05, 0) is 52.2 Å². The first-order valence-corrected chi connectivity index (χ1v) is 8.34. The van der Waals surface area contributed by atoms with Gasteiger partial charge in [0, 0.05) is 28.8 Å². The SMILES string of the molecule is Cc1cc(Br)c(F)cc1NCC1CSc2ccccc21. The molecule has 0 amide bonds. The van der Waals surface area contributed by atoms with E-state index >= 15 is 0 Å². The molecule has 4 heteroatoms. The average molecular weight is 352 g/mol. The summed E-state index contributed by atoms with van der Waals surface area (Å²) in [5.41, 5.74) is 3.33.